The first kappa shape index (κ1) is 21.2. The molecular weight excluding hydrogens is 431 g/mol. The molecule has 3 rings (SSSR count). The van der Waals surface area contributed by atoms with E-state index in [1.54, 1.807) is 55.5 Å². The van der Waals surface area contributed by atoms with Crippen LogP contribution in [0.25, 0.3) is 0 Å². The van der Waals surface area contributed by atoms with Crippen LogP contribution in [0.15, 0.2) is 71.6 Å². The molecule has 1 N–H and O–H groups in total. The third-order valence-electron chi connectivity index (χ3n) is 4.33. The molecular formula is C21H18Cl2N2O3S. The van der Waals surface area contributed by atoms with Crippen LogP contribution in [0.3, 0.4) is 0 Å². The number of carbonyl (C=O) groups is 1. The quantitative estimate of drug-likeness (QED) is 0.569. The van der Waals surface area contributed by atoms with Gasteiger partial charge in [0, 0.05) is 28.3 Å². The fourth-order valence-electron chi connectivity index (χ4n) is 2.80. The van der Waals surface area contributed by atoms with E-state index < -0.39 is 15.9 Å². The molecule has 0 radical (unpaired) electrons. The van der Waals surface area contributed by atoms with Crippen LogP contribution in [0.2, 0.25) is 10.0 Å². The molecule has 3 aromatic rings. The minimum absolute atomic E-state index is 0.172. The maximum Gasteiger partial charge on any atom is 0.264 e. The Morgan fingerprint density at radius 3 is 2.17 bits per heavy atom. The third-order valence-corrected chi connectivity index (χ3v) is 6.55. The smallest absolute Gasteiger partial charge is 0.264 e. The number of halogens is 2. The van der Waals surface area contributed by atoms with E-state index in [2.05, 4.69) is 5.32 Å². The van der Waals surface area contributed by atoms with Crippen LogP contribution >= 0.6 is 23.2 Å². The van der Waals surface area contributed by atoms with Crippen molar-refractivity contribution in [1.82, 2.24) is 0 Å². The first-order chi connectivity index (χ1) is 13.7. The molecule has 1 amide bonds. The van der Waals surface area contributed by atoms with Gasteiger partial charge in [-0.2, -0.15) is 0 Å². The number of hydrogen-bond donors (Lipinski definition) is 1. The van der Waals surface area contributed by atoms with Crippen LogP contribution in [0.1, 0.15) is 15.9 Å². The third kappa shape index (κ3) is 4.72. The van der Waals surface area contributed by atoms with Gasteiger partial charge in [-0.3, -0.25) is 9.10 Å². The Morgan fingerprint density at radius 2 is 1.55 bits per heavy atom. The fourth-order valence-corrected chi connectivity index (χ4v) is 4.60. The summed E-state index contributed by atoms with van der Waals surface area (Å²) in [4.78, 5) is 12.8. The van der Waals surface area contributed by atoms with Crippen molar-refractivity contribution in [3.8, 4) is 0 Å². The molecule has 0 saturated heterocycles. The Hall–Kier alpha value is -2.54. The average molecular weight is 449 g/mol. The second kappa shape index (κ2) is 8.45. The summed E-state index contributed by atoms with van der Waals surface area (Å²) in [5, 5.41) is 3.51. The maximum atomic E-state index is 12.9. The summed E-state index contributed by atoms with van der Waals surface area (Å²) in [6.45, 7) is 1.78. The lowest BCUT2D eigenvalue weighted by Gasteiger charge is -2.22. The Labute approximate surface area is 179 Å². The Kier molecular flexibility index (Phi) is 6.17. The van der Waals surface area contributed by atoms with Crippen molar-refractivity contribution in [3.63, 3.8) is 0 Å². The number of anilines is 2. The minimum Gasteiger partial charge on any atom is -0.322 e. The van der Waals surface area contributed by atoms with Crippen LogP contribution in [-0.2, 0) is 10.0 Å². The summed E-state index contributed by atoms with van der Waals surface area (Å²) in [5.41, 5.74) is 1.87. The molecule has 3 aromatic carbocycles. The number of nitrogens with one attached hydrogen (secondary N) is 1. The van der Waals surface area contributed by atoms with Crippen LogP contribution in [0, 0.1) is 6.92 Å². The summed E-state index contributed by atoms with van der Waals surface area (Å²) >= 11 is 11.9. The SMILES string of the molecule is Cc1ccc(C(=O)Nc2cc(Cl)cc(Cl)c2)cc1N(C)S(=O)(=O)c1ccccc1. The maximum absolute atomic E-state index is 12.9. The molecule has 5 nitrogen and oxygen atoms in total. The van der Waals surface area contributed by atoms with Gasteiger partial charge in [0.2, 0.25) is 0 Å². The van der Waals surface area contributed by atoms with Gasteiger partial charge in [-0.25, -0.2) is 8.42 Å². The Balaban J connectivity index is 1.92. The average Bonchev–Trinajstić information content (AvgIpc) is 2.67. The van der Waals surface area contributed by atoms with Gasteiger partial charge in [-0.05, 0) is 55.0 Å². The monoisotopic (exact) mass is 448 g/mol. The molecule has 150 valence electrons. The number of nitrogens with zero attached hydrogens (tertiary/aromatic N) is 1. The van der Waals surface area contributed by atoms with Crippen molar-refractivity contribution in [1.29, 1.82) is 0 Å². The van der Waals surface area contributed by atoms with E-state index in [1.807, 2.05) is 0 Å². The van der Waals surface area contributed by atoms with Crippen LogP contribution in [-0.4, -0.2) is 21.4 Å². The molecule has 0 aliphatic rings. The van der Waals surface area contributed by atoms with E-state index >= 15 is 0 Å². The zero-order chi connectivity index (χ0) is 21.2. The molecule has 8 heteroatoms. The van der Waals surface area contributed by atoms with E-state index in [-0.39, 0.29) is 4.90 Å². The molecule has 0 spiro atoms. The number of benzene rings is 3. The summed E-state index contributed by atoms with van der Waals surface area (Å²) in [6.07, 6.45) is 0. The van der Waals surface area contributed by atoms with Crippen molar-refractivity contribution in [2.45, 2.75) is 11.8 Å². The molecule has 0 unspecified atom stereocenters. The van der Waals surface area contributed by atoms with Crippen molar-refractivity contribution < 1.29 is 13.2 Å². The summed E-state index contributed by atoms with van der Waals surface area (Å²) in [5.74, 6) is -0.407. The highest BCUT2D eigenvalue weighted by Crippen LogP contribution is 2.27. The van der Waals surface area contributed by atoms with Gasteiger partial charge in [0.15, 0.2) is 0 Å². The van der Waals surface area contributed by atoms with Gasteiger partial charge in [0.1, 0.15) is 0 Å². The highest BCUT2D eigenvalue weighted by molar-refractivity contribution is 7.92. The number of amides is 1. The summed E-state index contributed by atoms with van der Waals surface area (Å²) in [7, 11) is -2.30. The molecule has 0 atom stereocenters. The van der Waals surface area contributed by atoms with E-state index in [4.69, 9.17) is 23.2 Å². The molecule has 0 heterocycles. The van der Waals surface area contributed by atoms with E-state index in [1.165, 1.54) is 29.6 Å². The largest absolute Gasteiger partial charge is 0.322 e. The molecule has 29 heavy (non-hydrogen) atoms. The lowest BCUT2D eigenvalue weighted by atomic mass is 10.1. The van der Waals surface area contributed by atoms with E-state index in [0.717, 1.165) is 0 Å². The van der Waals surface area contributed by atoms with E-state index in [0.29, 0.717) is 32.5 Å². The normalized spacial score (nSPS) is 11.2. The minimum atomic E-state index is -3.76. The molecule has 0 aliphatic heterocycles. The Morgan fingerprint density at radius 1 is 0.931 bits per heavy atom. The second-order valence-electron chi connectivity index (χ2n) is 6.40. The standard InChI is InChI=1S/C21H18Cl2N2O3S/c1-14-8-9-15(21(26)24-18-12-16(22)11-17(23)13-18)10-20(14)25(2)29(27,28)19-6-4-3-5-7-19/h3-13H,1-2H3,(H,24,26). The zero-order valence-electron chi connectivity index (χ0n) is 15.7. The number of sulfonamides is 1. The first-order valence-electron chi connectivity index (χ1n) is 8.60. The molecule has 0 bridgehead atoms. The predicted molar refractivity (Wildman–Crippen MR) is 118 cm³/mol. The lowest BCUT2D eigenvalue weighted by Crippen LogP contribution is -2.27. The van der Waals surface area contributed by atoms with Crippen molar-refractivity contribution in [2.24, 2.45) is 0 Å². The predicted octanol–water partition coefficient (Wildman–Crippen LogP) is 5.38. The number of rotatable bonds is 5. The van der Waals surface area contributed by atoms with Crippen molar-refractivity contribution in [3.05, 3.63) is 87.9 Å². The number of aryl methyl sites for hydroxylation is 1. The molecule has 0 aliphatic carbocycles. The Bertz CT molecular complexity index is 1150. The second-order valence-corrected chi connectivity index (χ2v) is 9.24. The van der Waals surface area contributed by atoms with Gasteiger partial charge < -0.3 is 5.32 Å². The fraction of sp³-hybridized carbons (Fsp3) is 0.0952. The van der Waals surface area contributed by atoms with Crippen LogP contribution in [0.4, 0.5) is 11.4 Å². The van der Waals surface area contributed by atoms with Gasteiger partial charge >= 0.3 is 0 Å². The van der Waals surface area contributed by atoms with Crippen molar-refractivity contribution in [2.75, 3.05) is 16.7 Å². The summed E-state index contributed by atoms with van der Waals surface area (Å²) < 4.78 is 27.0. The van der Waals surface area contributed by atoms with Crippen molar-refractivity contribution >= 4 is 50.5 Å². The first-order valence-corrected chi connectivity index (χ1v) is 10.8. The highest BCUT2D eigenvalue weighted by atomic mass is 35.5. The van der Waals surface area contributed by atoms with Crippen LogP contribution in [0.5, 0.6) is 0 Å². The number of hydrogen-bond acceptors (Lipinski definition) is 3. The van der Waals surface area contributed by atoms with Gasteiger partial charge in [0.25, 0.3) is 15.9 Å². The van der Waals surface area contributed by atoms with E-state index in [9.17, 15) is 13.2 Å². The van der Waals surface area contributed by atoms with Crippen LogP contribution < -0.4 is 9.62 Å². The molecule has 0 fully saturated rings. The molecule has 0 saturated carbocycles. The molecule has 0 aromatic heterocycles. The topological polar surface area (TPSA) is 66.5 Å². The summed E-state index contributed by atoms with van der Waals surface area (Å²) in [6, 6.07) is 17.7. The lowest BCUT2D eigenvalue weighted by molar-refractivity contribution is 0.102. The highest BCUT2D eigenvalue weighted by Gasteiger charge is 2.23. The van der Waals surface area contributed by atoms with Gasteiger partial charge in [0.05, 0.1) is 10.6 Å². The van der Waals surface area contributed by atoms with Gasteiger partial charge in [-0.15, -0.1) is 0 Å². The number of carbonyl (C=O) groups excluding carboxylic acids is 1. The van der Waals surface area contributed by atoms with Gasteiger partial charge in [-0.1, -0.05) is 47.5 Å². The zero-order valence-corrected chi connectivity index (χ0v) is 18.0.